The minimum atomic E-state index is 0.556. The summed E-state index contributed by atoms with van der Waals surface area (Å²) in [7, 11) is 0. The third kappa shape index (κ3) is 3.11. The van der Waals surface area contributed by atoms with Gasteiger partial charge in [-0.15, -0.1) is 0 Å². The number of hydrazine groups is 1. The van der Waals surface area contributed by atoms with Gasteiger partial charge < -0.3 is 0 Å². The number of hydrogen-bond acceptors (Lipinski definition) is 2. The first-order valence-corrected chi connectivity index (χ1v) is 5.22. The van der Waals surface area contributed by atoms with Crippen LogP contribution in [0.15, 0.2) is 0 Å². The van der Waals surface area contributed by atoms with Gasteiger partial charge in [0.15, 0.2) is 0 Å². The van der Waals surface area contributed by atoms with E-state index >= 15 is 0 Å². The predicted molar refractivity (Wildman–Crippen MR) is 52.9 cm³/mol. The van der Waals surface area contributed by atoms with Crippen LogP contribution in [0.4, 0.5) is 0 Å². The van der Waals surface area contributed by atoms with Crippen LogP contribution in [0, 0.1) is 5.41 Å². The van der Waals surface area contributed by atoms with Crippen LogP contribution in [-0.2, 0) is 0 Å². The minimum absolute atomic E-state index is 0.556. The lowest BCUT2D eigenvalue weighted by Gasteiger charge is -2.34. The number of hydrogen-bond donors (Lipinski definition) is 2. The standard InChI is InChI=1S/C10H22N2/c1-3-4-5-6-10(2)7-8-11-12-9-10/h11-12H,3-9H2,1-2H3. The third-order valence-corrected chi connectivity index (χ3v) is 2.88. The summed E-state index contributed by atoms with van der Waals surface area (Å²) in [6, 6.07) is 0. The summed E-state index contributed by atoms with van der Waals surface area (Å²) in [4.78, 5) is 0. The fraction of sp³-hybridized carbons (Fsp3) is 1.00. The molecule has 0 spiro atoms. The zero-order chi connectivity index (χ0) is 8.86. The maximum absolute atomic E-state index is 3.25. The van der Waals surface area contributed by atoms with Crippen molar-refractivity contribution in [3.8, 4) is 0 Å². The Morgan fingerprint density at radius 1 is 1.25 bits per heavy atom. The van der Waals surface area contributed by atoms with Crippen LogP contribution < -0.4 is 10.9 Å². The van der Waals surface area contributed by atoms with Crippen molar-refractivity contribution in [1.29, 1.82) is 0 Å². The van der Waals surface area contributed by atoms with Gasteiger partial charge in [0.2, 0.25) is 0 Å². The second-order valence-electron chi connectivity index (χ2n) is 4.30. The van der Waals surface area contributed by atoms with E-state index in [0.717, 1.165) is 13.1 Å². The number of unbranched alkanes of at least 4 members (excludes halogenated alkanes) is 2. The van der Waals surface area contributed by atoms with Crippen molar-refractivity contribution in [2.45, 2.75) is 46.0 Å². The molecule has 1 atom stereocenters. The monoisotopic (exact) mass is 170 g/mol. The quantitative estimate of drug-likeness (QED) is 0.631. The summed E-state index contributed by atoms with van der Waals surface area (Å²) >= 11 is 0. The summed E-state index contributed by atoms with van der Waals surface area (Å²) in [5.74, 6) is 0. The van der Waals surface area contributed by atoms with Gasteiger partial charge in [-0.1, -0.05) is 33.1 Å². The van der Waals surface area contributed by atoms with Crippen molar-refractivity contribution >= 4 is 0 Å². The molecule has 12 heavy (non-hydrogen) atoms. The van der Waals surface area contributed by atoms with Gasteiger partial charge in [0.25, 0.3) is 0 Å². The average molecular weight is 170 g/mol. The molecular formula is C10H22N2. The van der Waals surface area contributed by atoms with E-state index in [1.54, 1.807) is 0 Å². The van der Waals surface area contributed by atoms with Crippen molar-refractivity contribution < 1.29 is 0 Å². The second kappa shape index (κ2) is 4.83. The Labute approximate surface area is 76.1 Å². The van der Waals surface area contributed by atoms with Gasteiger partial charge in [0, 0.05) is 13.1 Å². The van der Waals surface area contributed by atoms with Crippen LogP contribution in [0.1, 0.15) is 46.0 Å². The first kappa shape index (κ1) is 10.0. The molecule has 0 aliphatic carbocycles. The molecule has 0 radical (unpaired) electrons. The summed E-state index contributed by atoms with van der Waals surface area (Å²) in [6.45, 7) is 6.93. The Bertz CT molecular complexity index is 117. The van der Waals surface area contributed by atoms with Gasteiger partial charge in [-0.3, -0.25) is 10.9 Å². The van der Waals surface area contributed by atoms with Gasteiger partial charge in [0.1, 0.15) is 0 Å². The molecular weight excluding hydrogens is 148 g/mol. The van der Waals surface area contributed by atoms with E-state index in [4.69, 9.17) is 0 Å². The smallest absolute Gasteiger partial charge is 0.0154 e. The van der Waals surface area contributed by atoms with E-state index in [1.807, 2.05) is 0 Å². The molecule has 0 amide bonds. The molecule has 2 heteroatoms. The zero-order valence-corrected chi connectivity index (χ0v) is 8.45. The molecule has 1 unspecified atom stereocenters. The van der Waals surface area contributed by atoms with E-state index in [0.29, 0.717) is 5.41 Å². The molecule has 1 heterocycles. The Hall–Kier alpha value is -0.0800. The molecule has 0 aromatic rings. The molecule has 0 aromatic heterocycles. The van der Waals surface area contributed by atoms with Gasteiger partial charge in [-0.05, 0) is 18.3 Å². The largest absolute Gasteiger partial charge is 0.258 e. The fourth-order valence-corrected chi connectivity index (χ4v) is 1.83. The van der Waals surface area contributed by atoms with Crippen molar-refractivity contribution in [2.24, 2.45) is 5.41 Å². The molecule has 2 nitrogen and oxygen atoms in total. The Morgan fingerprint density at radius 3 is 2.67 bits per heavy atom. The Morgan fingerprint density at radius 2 is 2.08 bits per heavy atom. The lowest BCUT2D eigenvalue weighted by Crippen LogP contribution is -2.48. The van der Waals surface area contributed by atoms with Crippen LogP contribution in [0.3, 0.4) is 0 Å². The van der Waals surface area contributed by atoms with E-state index in [2.05, 4.69) is 24.7 Å². The zero-order valence-electron chi connectivity index (χ0n) is 8.45. The Kier molecular flexibility index (Phi) is 4.02. The molecule has 1 fully saturated rings. The normalized spacial score (nSPS) is 30.5. The van der Waals surface area contributed by atoms with E-state index in [9.17, 15) is 0 Å². The molecule has 2 N–H and O–H groups in total. The topological polar surface area (TPSA) is 24.1 Å². The minimum Gasteiger partial charge on any atom is -0.258 e. The van der Waals surface area contributed by atoms with Crippen LogP contribution in [-0.4, -0.2) is 13.1 Å². The van der Waals surface area contributed by atoms with Crippen molar-refractivity contribution in [2.75, 3.05) is 13.1 Å². The molecule has 1 rings (SSSR count). The second-order valence-corrected chi connectivity index (χ2v) is 4.30. The van der Waals surface area contributed by atoms with Gasteiger partial charge in [0.05, 0.1) is 0 Å². The summed E-state index contributed by atoms with van der Waals surface area (Å²) in [5.41, 5.74) is 6.99. The van der Waals surface area contributed by atoms with Crippen molar-refractivity contribution in [1.82, 2.24) is 10.9 Å². The van der Waals surface area contributed by atoms with Gasteiger partial charge in [-0.25, -0.2) is 0 Å². The van der Waals surface area contributed by atoms with E-state index in [1.165, 1.54) is 32.1 Å². The number of nitrogens with one attached hydrogen (secondary N) is 2. The fourth-order valence-electron chi connectivity index (χ4n) is 1.83. The van der Waals surface area contributed by atoms with Crippen molar-refractivity contribution in [3.63, 3.8) is 0 Å². The first-order chi connectivity index (χ1) is 5.77. The molecule has 72 valence electrons. The highest BCUT2D eigenvalue weighted by Gasteiger charge is 2.25. The van der Waals surface area contributed by atoms with Crippen LogP contribution >= 0.6 is 0 Å². The lowest BCUT2D eigenvalue weighted by molar-refractivity contribution is 0.193. The van der Waals surface area contributed by atoms with Crippen LogP contribution in [0.2, 0.25) is 0 Å². The molecule has 1 aliphatic rings. The van der Waals surface area contributed by atoms with Crippen LogP contribution in [0.25, 0.3) is 0 Å². The molecule has 1 saturated heterocycles. The molecule has 1 aliphatic heterocycles. The third-order valence-electron chi connectivity index (χ3n) is 2.88. The maximum Gasteiger partial charge on any atom is 0.0154 e. The molecule has 0 bridgehead atoms. The SMILES string of the molecule is CCCCCC1(C)CCNNC1. The predicted octanol–water partition coefficient (Wildman–Crippen LogP) is 2.07. The summed E-state index contributed by atoms with van der Waals surface area (Å²) in [5, 5.41) is 0. The van der Waals surface area contributed by atoms with Gasteiger partial charge >= 0.3 is 0 Å². The van der Waals surface area contributed by atoms with E-state index < -0.39 is 0 Å². The highest BCUT2D eigenvalue weighted by atomic mass is 15.4. The molecule has 0 saturated carbocycles. The first-order valence-electron chi connectivity index (χ1n) is 5.22. The summed E-state index contributed by atoms with van der Waals surface area (Å²) < 4.78 is 0. The lowest BCUT2D eigenvalue weighted by atomic mass is 9.81. The van der Waals surface area contributed by atoms with Gasteiger partial charge in [-0.2, -0.15) is 0 Å². The van der Waals surface area contributed by atoms with Crippen molar-refractivity contribution in [3.05, 3.63) is 0 Å². The maximum atomic E-state index is 3.25. The van der Waals surface area contributed by atoms with Crippen LogP contribution in [0.5, 0.6) is 0 Å². The highest BCUT2D eigenvalue weighted by Crippen LogP contribution is 2.28. The average Bonchev–Trinajstić information content (AvgIpc) is 2.06. The number of rotatable bonds is 4. The molecule has 0 aromatic carbocycles. The highest BCUT2D eigenvalue weighted by molar-refractivity contribution is 4.79. The van der Waals surface area contributed by atoms with E-state index in [-0.39, 0.29) is 0 Å². The Balaban J connectivity index is 2.17. The summed E-state index contributed by atoms with van der Waals surface area (Å²) in [6.07, 6.45) is 6.83.